The van der Waals surface area contributed by atoms with Crippen molar-refractivity contribution in [2.24, 2.45) is 0 Å². The molecule has 0 atom stereocenters. The van der Waals surface area contributed by atoms with Crippen LogP contribution < -0.4 is 10.6 Å². The van der Waals surface area contributed by atoms with Gasteiger partial charge in [0.25, 0.3) is 5.91 Å². The molecule has 2 amide bonds. The maximum atomic E-state index is 13.6. The van der Waals surface area contributed by atoms with Gasteiger partial charge in [-0.1, -0.05) is 6.07 Å². The Balaban J connectivity index is 2.05. The van der Waals surface area contributed by atoms with Crippen LogP contribution in [0, 0.1) is 12.7 Å². The summed E-state index contributed by atoms with van der Waals surface area (Å²) in [6.07, 6.45) is -0.563. The number of rotatable bonds is 4. The van der Waals surface area contributed by atoms with E-state index in [4.69, 9.17) is 4.74 Å². The minimum Gasteiger partial charge on any atom is -0.450 e. The molecule has 0 spiro atoms. The van der Waals surface area contributed by atoms with E-state index in [1.54, 1.807) is 31.2 Å². The van der Waals surface area contributed by atoms with Crippen LogP contribution in [0.5, 0.6) is 0 Å². The van der Waals surface area contributed by atoms with E-state index in [-0.39, 0.29) is 12.3 Å². The van der Waals surface area contributed by atoms with Gasteiger partial charge >= 0.3 is 6.09 Å². The molecule has 6 heteroatoms. The second kappa shape index (κ2) is 7.40. The molecular formula is C17H17FN2O3. The van der Waals surface area contributed by atoms with Crippen LogP contribution in [0.2, 0.25) is 0 Å². The second-order valence-electron chi connectivity index (χ2n) is 4.86. The number of carbonyl (C=O) groups excluding carboxylic acids is 2. The number of hydrogen-bond acceptors (Lipinski definition) is 3. The van der Waals surface area contributed by atoms with E-state index in [1.165, 1.54) is 18.2 Å². The number of anilines is 2. The number of nitrogens with one attached hydrogen (secondary N) is 2. The third kappa shape index (κ3) is 4.54. The highest BCUT2D eigenvalue weighted by atomic mass is 19.1. The van der Waals surface area contributed by atoms with Gasteiger partial charge in [0.05, 0.1) is 12.3 Å². The highest BCUT2D eigenvalue weighted by Crippen LogP contribution is 2.17. The first-order chi connectivity index (χ1) is 11.0. The smallest absolute Gasteiger partial charge is 0.411 e. The molecule has 0 unspecified atom stereocenters. The summed E-state index contributed by atoms with van der Waals surface area (Å²) in [5.41, 5.74) is 1.82. The van der Waals surface area contributed by atoms with Crippen LogP contribution in [0.25, 0.3) is 0 Å². The zero-order chi connectivity index (χ0) is 16.8. The molecular weight excluding hydrogens is 299 g/mol. The van der Waals surface area contributed by atoms with Gasteiger partial charge in [-0.05, 0) is 55.8 Å². The van der Waals surface area contributed by atoms with Crippen molar-refractivity contribution in [3.05, 3.63) is 59.4 Å². The van der Waals surface area contributed by atoms with Crippen LogP contribution in [-0.2, 0) is 4.74 Å². The number of hydrogen-bond donors (Lipinski definition) is 2. The Morgan fingerprint density at radius 3 is 2.43 bits per heavy atom. The normalized spacial score (nSPS) is 10.0. The van der Waals surface area contributed by atoms with E-state index in [2.05, 4.69) is 10.6 Å². The number of aryl methyl sites for hydroxylation is 1. The van der Waals surface area contributed by atoms with Gasteiger partial charge in [0.2, 0.25) is 0 Å². The second-order valence-corrected chi connectivity index (χ2v) is 4.86. The summed E-state index contributed by atoms with van der Waals surface area (Å²) in [5, 5.41) is 5.04. The molecule has 2 aromatic rings. The molecule has 0 saturated carbocycles. The SMILES string of the molecule is CCOC(=O)Nc1ccc(C(=O)Nc2cc(C)ccc2F)cc1. The van der Waals surface area contributed by atoms with Crippen LogP contribution in [0.15, 0.2) is 42.5 Å². The first-order valence-electron chi connectivity index (χ1n) is 7.11. The lowest BCUT2D eigenvalue weighted by Gasteiger charge is -2.09. The number of amides is 2. The molecule has 0 radical (unpaired) electrons. The summed E-state index contributed by atoms with van der Waals surface area (Å²) in [7, 11) is 0. The lowest BCUT2D eigenvalue weighted by atomic mass is 10.1. The minimum absolute atomic E-state index is 0.128. The number of halogens is 1. The van der Waals surface area contributed by atoms with E-state index >= 15 is 0 Å². The monoisotopic (exact) mass is 316 g/mol. The largest absolute Gasteiger partial charge is 0.450 e. The minimum atomic E-state index is -0.563. The van der Waals surface area contributed by atoms with E-state index < -0.39 is 17.8 Å². The Bertz CT molecular complexity index is 714. The number of carbonyl (C=O) groups is 2. The number of ether oxygens (including phenoxy) is 1. The van der Waals surface area contributed by atoms with Crippen molar-refractivity contribution in [2.75, 3.05) is 17.2 Å². The molecule has 23 heavy (non-hydrogen) atoms. The summed E-state index contributed by atoms with van der Waals surface area (Å²) < 4.78 is 18.4. The van der Waals surface area contributed by atoms with Crippen molar-refractivity contribution in [3.8, 4) is 0 Å². The Labute approximate surface area is 133 Å². The van der Waals surface area contributed by atoms with Gasteiger partial charge < -0.3 is 10.1 Å². The summed E-state index contributed by atoms with van der Waals surface area (Å²) in [5.74, 6) is -0.929. The summed E-state index contributed by atoms with van der Waals surface area (Å²) >= 11 is 0. The molecule has 2 N–H and O–H groups in total. The van der Waals surface area contributed by atoms with E-state index in [0.29, 0.717) is 11.3 Å². The average molecular weight is 316 g/mol. The van der Waals surface area contributed by atoms with Gasteiger partial charge in [-0.15, -0.1) is 0 Å². The van der Waals surface area contributed by atoms with E-state index in [9.17, 15) is 14.0 Å². The number of benzene rings is 2. The molecule has 0 saturated heterocycles. The van der Waals surface area contributed by atoms with Crippen molar-refractivity contribution in [1.29, 1.82) is 0 Å². The Kier molecular flexibility index (Phi) is 5.30. The predicted molar refractivity (Wildman–Crippen MR) is 86.2 cm³/mol. The highest BCUT2D eigenvalue weighted by Gasteiger charge is 2.10. The topological polar surface area (TPSA) is 67.4 Å². The van der Waals surface area contributed by atoms with Crippen molar-refractivity contribution >= 4 is 23.4 Å². The highest BCUT2D eigenvalue weighted by molar-refractivity contribution is 6.04. The standard InChI is InChI=1S/C17H17FN2O3/c1-3-23-17(22)19-13-7-5-12(6-8-13)16(21)20-15-10-11(2)4-9-14(15)18/h4-10H,3H2,1-2H3,(H,19,22)(H,20,21). The fraction of sp³-hybridized carbons (Fsp3) is 0.176. The zero-order valence-electron chi connectivity index (χ0n) is 12.9. The van der Waals surface area contributed by atoms with Gasteiger partial charge in [-0.3, -0.25) is 10.1 Å². The lowest BCUT2D eigenvalue weighted by Crippen LogP contribution is -2.15. The van der Waals surface area contributed by atoms with E-state index in [1.807, 2.05) is 6.92 Å². The van der Waals surface area contributed by atoms with Gasteiger partial charge in [0, 0.05) is 11.3 Å². The van der Waals surface area contributed by atoms with Crippen LogP contribution in [-0.4, -0.2) is 18.6 Å². The molecule has 0 heterocycles. The summed E-state index contributed by atoms with van der Waals surface area (Å²) in [4.78, 5) is 23.4. The Morgan fingerprint density at radius 1 is 1.09 bits per heavy atom. The van der Waals surface area contributed by atoms with Gasteiger partial charge in [-0.2, -0.15) is 0 Å². The molecule has 2 aromatic carbocycles. The third-order valence-electron chi connectivity index (χ3n) is 3.04. The quantitative estimate of drug-likeness (QED) is 0.897. The van der Waals surface area contributed by atoms with Crippen LogP contribution in [0.1, 0.15) is 22.8 Å². The molecule has 0 aliphatic rings. The van der Waals surface area contributed by atoms with Crippen molar-refractivity contribution < 1.29 is 18.7 Å². The Morgan fingerprint density at radius 2 is 1.78 bits per heavy atom. The van der Waals surface area contributed by atoms with Crippen LogP contribution in [0.3, 0.4) is 0 Å². The molecule has 2 rings (SSSR count). The van der Waals surface area contributed by atoms with Gasteiger partial charge in [0.15, 0.2) is 0 Å². The fourth-order valence-electron chi connectivity index (χ4n) is 1.92. The summed E-state index contributed by atoms with van der Waals surface area (Å²) in [6.45, 7) is 3.79. The molecule has 5 nitrogen and oxygen atoms in total. The molecule has 120 valence electrons. The first-order valence-corrected chi connectivity index (χ1v) is 7.11. The van der Waals surface area contributed by atoms with Crippen LogP contribution >= 0.6 is 0 Å². The third-order valence-corrected chi connectivity index (χ3v) is 3.04. The van der Waals surface area contributed by atoms with E-state index in [0.717, 1.165) is 5.56 Å². The molecule has 0 fully saturated rings. The van der Waals surface area contributed by atoms with Crippen LogP contribution in [0.4, 0.5) is 20.6 Å². The molecule has 0 aliphatic carbocycles. The first kappa shape index (κ1) is 16.5. The lowest BCUT2D eigenvalue weighted by molar-refractivity contribution is 0.102. The maximum absolute atomic E-state index is 13.6. The predicted octanol–water partition coefficient (Wildman–Crippen LogP) is 3.95. The molecule has 0 bridgehead atoms. The van der Waals surface area contributed by atoms with Crippen molar-refractivity contribution in [1.82, 2.24) is 0 Å². The fourth-order valence-corrected chi connectivity index (χ4v) is 1.92. The summed E-state index contributed by atoms with van der Waals surface area (Å²) in [6, 6.07) is 10.7. The maximum Gasteiger partial charge on any atom is 0.411 e. The van der Waals surface area contributed by atoms with Crippen molar-refractivity contribution in [2.45, 2.75) is 13.8 Å². The van der Waals surface area contributed by atoms with Gasteiger partial charge in [0.1, 0.15) is 5.82 Å². The zero-order valence-corrected chi connectivity index (χ0v) is 12.9. The average Bonchev–Trinajstić information content (AvgIpc) is 2.52. The van der Waals surface area contributed by atoms with Gasteiger partial charge in [-0.25, -0.2) is 9.18 Å². The van der Waals surface area contributed by atoms with Crippen molar-refractivity contribution in [3.63, 3.8) is 0 Å². The molecule has 0 aliphatic heterocycles. The Hall–Kier alpha value is -2.89. The molecule has 0 aromatic heterocycles.